The van der Waals surface area contributed by atoms with Gasteiger partial charge in [0.2, 0.25) is 5.89 Å². The summed E-state index contributed by atoms with van der Waals surface area (Å²) in [4.78, 5) is 3.82. The largest absolute Gasteiger partial charge is 0.396 e. The van der Waals surface area contributed by atoms with Crippen LogP contribution in [0.1, 0.15) is 31.0 Å². The van der Waals surface area contributed by atoms with Crippen molar-refractivity contribution >= 4 is 0 Å². The highest BCUT2D eigenvalue weighted by Crippen LogP contribution is 2.26. The van der Waals surface area contributed by atoms with Crippen molar-refractivity contribution in [3.8, 4) is 0 Å². The Hall–Kier alpha value is -1.15. The van der Waals surface area contributed by atoms with E-state index in [0.717, 1.165) is 13.0 Å². The molecular weight excluding hydrogens is 263 g/mol. The van der Waals surface area contributed by atoms with Gasteiger partial charge in [0.15, 0.2) is 5.82 Å². The van der Waals surface area contributed by atoms with Crippen molar-refractivity contribution in [1.29, 1.82) is 0 Å². The molecule has 1 aliphatic heterocycles. The lowest BCUT2D eigenvalue weighted by Crippen LogP contribution is -2.35. The average Bonchev–Trinajstić information content (AvgIpc) is 2.92. The molecule has 0 spiro atoms. The first-order valence-corrected chi connectivity index (χ1v) is 6.20. The summed E-state index contributed by atoms with van der Waals surface area (Å²) in [6, 6.07) is 0.0131. The van der Waals surface area contributed by atoms with Gasteiger partial charge in [-0.15, -0.1) is 0 Å². The second kappa shape index (κ2) is 5.87. The van der Waals surface area contributed by atoms with Crippen LogP contribution in [0.5, 0.6) is 0 Å². The topological polar surface area (TPSA) is 60.2 Å². The Morgan fingerprint density at radius 2 is 2.16 bits per heavy atom. The van der Waals surface area contributed by atoms with E-state index in [9.17, 15) is 13.2 Å². The second-order valence-corrected chi connectivity index (χ2v) is 4.55. The number of alkyl halides is 3. The Kier molecular flexibility index (Phi) is 4.41. The van der Waals surface area contributed by atoms with Crippen molar-refractivity contribution in [1.82, 2.24) is 15.5 Å². The number of rotatable bonds is 5. The Bertz CT molecular complexity index is 408. The molecule has 0 saturated carbocycles. The third-order valence-electron chi connectivity index (χ3n) is 2.90. The average molecular weight is 279 g/mol. The Morgan fingerprint density at radius 1 is 1.37 bits per heavy atom. The van der Waals surface area contributed by atoms with Crippen molar-refractivity contribution in [3.05, 3.63) is 11.7 Å². The normalized spacial score (nSPS) is 24.0. The number of nitrogens with one attached hydrogen (secondary N) is 1. The smallest absolute Gasteiger partial charge is 0.379 e. The summed E-state index contributed by atoms with van der Waals surface area (Å²) in [5.41, 5.74) is 0. The van der Waals surface area contributed by atoms with Crippen LogP contribution in [0, 0.1) is 0 Å². The molecule has 0 amide bonds. The van der Waals surface area contributed by atoms with Crippen molar-refractivity contribution in [2.75, 3.05) is 19.8 Å². The van der Waals surface area contributed by atoms with Gasteiger partial charge in [-0.1, -0.05) is 12.1 Å². The van der Waals surface area contributed by atoms with E-state index < -0.39 is 12.6 Å². The molecule has 8 heteroatoms. The maximum Gasteiger partial charge on any atom is 0.396 e. The zero-order chi connectivity index (χ0) is 13.9. The molecule has 2 atom stereocenters. The van der Waals surface area contributed by atoms with Crippen LogP contribution < -0.4 is 5.32 Å². The maximum atomic E-state index is 12.2. The van der Waals surface area contributed by atoms with Gasteiger partial charge in [-0.25, -0.2) is 0 Å². The molecule has 1 N–H and O–H groups in total. The van der Waals surface area contributed by atoms with Gasteiger partial charge in [0.1, 0.15) is 6.42 Å². The highest BCUT2D eigenvalue weighted by Gasteiger charge is 2.35. The summed E-state index contributed by atoms with van der Waals surface area (Å²) in [6.07, 6.45) is -4.53. The minimum absolute atomic E-state index is 0.0131. The van der Waals surface area contributed by atoms with E-state index in [4.69, 9.17) is 9.26 Å². The standard InChI is InChI=1S/C11H16F3N3O2/c1-2-3-15-8-6-18-5-7(8)10-16-9(17-19-10)4-11(12,13)14/h7-8,15H,2-6H2,1H3. The van der Waals surface area contributed by atoms with E-state index in [1.807, 2.05) is 6.92 Å². The van der Waals surface area contributed by atoms with Crippen LogP contribution in [0.15, 0.2) is 4.52 Å². The fraction of sp³-hybridized carbons (Fsp3) is 0.818. The molecule has 2 unspecified atom stereocenters. The summed E-state index contributed by atoms with van der Waals surface area (Å²) < 4.78 is 46.9. The fourth-order valence-corrected chi connectivity index (χ4v) is 2.00. The number of hydrogen-bond donors (Lipinski definition) is 1. The van der Waals surface area contributed by atoms with Crippen LogP contribution in [0.4, 0.5) is 13.2 Å². The summed E-state index contributed by atoms with van der Waals surface area (Å²) in [5, 5.41) is 6.63. The number of aromatic nitrogens is 2. The van der Waals surface area contributed by atoms with Gasteiger partial charge in [0.25, 0.3) is 0 Å². The highest BCUT2D eigenvalue weighted by atomic mass is 19.4. The molecule has 19 heavy (non-hydrogen) atoms. The van der Waals surface area contributed by atoms with Gasteiger partial charge in [0, 0.05) is 6.04 Å². The predicted octanol–water partition coefficient (Wildman–Crippen LogP) is 1.66. The first-order chi connectivity index (χ1) is 8.99. The van der Waals surface area contributed by atoms with E-state index >= 15 is 0 Å². The summed E-state index contributed by atoms with van der Waals surface area (Å²) in [6.45, 7) is 3.73. The van der Waals surface area contributed by atoms with Crippen LogP contribution in [0.2, 0.25) is 0 Å². The zero-order valence-electron chi connectivity index (χ0n) is 10.5. The lowest BCUT2D eigenvalue weighted by atomic mass is 10.0. The number of hydrogen-bond acceptors (Lipinski definition) is 5. The molecule has 0 aromatic carbocycles. The third-order valence-corrected chi connectivity index (χ3v) is 2.90. The van der Waals surface area contributed by atoms with Crippen molar-refractivity contribution in [2.24, 2.45) is 0 Å². The quantitative estimate of drug-likeness (QED) is 0.888. The molecule has 0 aliphatic carbocycles. The van der Waals surface area contributed by atoms with Crippen molar-refractivity contribution < 1.29 is 22.4 Å². The summed E-state index contributed by atoms with van der Waals surface area (Å²) >= 11 is 0. The van der Waals surface area contributed by atoms with Crippen LogP contribution in [0.25, 0.3) is 0 Å². The van der Waals surface area contributed by atoms with Gasteiger partial charge in [-0.3, -0.25) is 0 Å². The maximum absolute atomic E-state index is 12.2. The molecule has 0 bridgehead atoms. The third kappa shape index (κ3) is 3.90. The van der Waals surface area contributed by atoms with Crippen LogP contribution in [-0.4, -0.2) is 42.1 Å². The van der Waals surface area contributed by atoms with Crippen LogP contribution in [-0.2, 0) is 11.2 Å². The van der Waals surface area contributed by atoms with E-state index in [0.29, 0.717) is 13.2 Å². The van der Waals surface area contributed by atoms with Crippen LogP contribution >= 0.6 is 0 Å². The Balaban J connectivity index is 2.01. The van der Waals surface area contributed by atoms with E-state index in [2.05, 4.69) is 15.5 Å². The predicted molar refractivity (Wildman–Crippen MR) is 59.7 cm³/mol. The van der Waals surface area contributed by atoms with E-state index in [1.54, 1.807) is 0 Å². The van der Waals surface area contributed by atoms with Crippen molar-refractivity contribution in [2.45, 2.75) is 37.9 Å². The minimum Gasteiger partial charge on any atom is -0.379 e. The minimum atomic E-state index is -4.33. The number of halogens is 3. The second-order valence-electron chi connectivity index (χ2n) is 4.55. The molecule has 0 radical (unpaired) electrons. The summed E-state index contributed by atoms with van der Waals surface area (Å²) in [5.74, 6) is -0.296. The molecule has 1 aromatic heterocycles. The molecule has 5 nitrogen and oxygen atoms in total. The van der Waals surface area contributed by atoms with Gasteiger partial charge < -0.3 is 14.6 Å². The lowest BCUT2D eigenvalue weighted by Gasteiger charge is -2.14. The molecule has 108 valence electrons. The van der Waals surface area contributed by atoms with Crippen molar-refractivity contribution in [3.63, 3.8) is 0 Å². The molecule has 1 aliphatic rings. The summed E-state index contributed by atoms with van der Waals surface area (Å²) in [7, 11) is 0. The van der Waals surface area contributed by atoms with Gasteiger partial charge in [-0.2, -0.15) is 18.2 Å². The Morgan fingerprint density at radius 3 is 2.84 bits per heavy atom. The van der Waals surface area contributed by atoms with E-state index in [-0.39, 0.29) is 23.7 Å². The molecule has 2 heterocycles. The molecule has 2 rings (SSSR count). The van der Waals surface area contributed by atoms with Crippen LogP contribution in [0.3, 0.4) is 0 Å². The fourth-order valence-electron chi connectivity index (χ4n) is 2.00. The van der Waals surface area contributed by atoms with Gasteiger partial charge in [0.05, 0.1) is 19.1 Å². The molecule has 1 fully saturated rings. The molecule has 1 saturated heterocycles. The first kappa shape index (κ1) is 14.3. The SMILES string of the molecule is CCCNC1COCC1c1nc(CC(F)(F)F)no1. The van der Waals surface area contributed by atoms with Gasteiger partial charge in [-0.05, 0) is 13.0 Å². The highest BCUT2D eigenvalue weighted by molar-refractivity contribution is 5.03. The first-order valence-electron chi connectivity index (χ1n) is 6.20. The zero-order valence-corrected chi connectivity index (χ0v) is 10.5. The molecular formula is C11H16F3N3O2. The molecule has 1 aromatic rings. The number of ether oxygens (including phenoxy) is 1. The monoisotopic (exact) mass is 279 g/mol. The Labute approximate surface area is 108 Å². The van der Waals surface area contributed by atoms with E-state index in [1.165, 1.54) is 0 Å². The number of nitrogens with zero attached hydrogens (tertiary/aromatic N) is 2. The lowest BCUT2D eigenvalue weighted by molar-refractivity contribution is -0.128. The van der Waals surface area contributed by atoms with Gasteiger partial charge >= 0.3 is 6.18 Å².